The Labute approximate surface area is 305 Å². The van der Waals surface area contributed by atoms with E-state index in [0.29, 0.717) is 39.6 Å². The van der Waals surface area contributed by atoms with E-state index in [9.17, 15) is 4.79 Å². The highest BCUT2D eigenvalue weighted by molar-refractivity contribution is 5.67. The predicted molar refractivity (Wildman–Crippen MR) is 208 cm³/mol. The summed E-state index contributed by atoms with van der Waals surface area (Å²) in [4.78, 5) is 12.2. The fourth-order valence-electron chi connectivity index (χ4n) is 6.13. The first kappa shape index (κ1) is 48.1. The molecular weight excluding hydrogens is 614 g/mol. The van der Waals surface area contributed by atoms with E-state index in [4.69, 9.17) is 23.7 Å². The maximum absolute atomic E-state index is 12.2. The van der Waals surface area contributed by atoms with Crippen LogP contribution in [0.5, 0.6) is 0 Å². The van der Waals surface area contributed by atoms with Crippen LogP contribution in [-0.4, -0.2) is 72.1 Å². The highest BCUT2D eigenvalue weighted by atomic mass is 16.6. The van der Waals surface area contributed by atoms with E-state index in [1.807, 2.05) is 0 Å². The van der Waals surface area contributed by atoms with Crippen molar-refractivity contribution in [3.05, 3.63) is 0 Å². The third kappa shape index (κ3) is 41.4. The molecule has 0 rings (SSSR count). The molecule has 0 aromatic carbocycles. The first-order valence-corrected chi connectivity index (χ1v) is 21.4. The SMILES string of the molecule is CCCCCCCCCCCCCCCCOCC(COC(=O)NCCCOCCOC)OCCCCCCCCCCCCCCCC. The number of hydrogen-bond donors (Lipinski definition) is 1. The molecule has 0 spiro atoms. The number of alkyl carbamates (subject to hydrolysis) is 1. The number of carbonyl (C=O) groups is 1. The van der Waals surface area contributed by atoms with Crippen molar-refractivity contribution in [3.8, 4) is 0 Å². The van der Waals surface area contributed by atoms with Crippen LogP contribution in [0.2, 0.25) is 0 Å². The Bertz CT molecular complexity index is 622. The van der Waals surface area contributed by atoms with E-state index in [0.717, 1.165) is 25.9 Å². The lowest BCUT2D eigenvalue weighted by molar-refractivity contribution is -0.0468. The number of amides is 1. The van der Waals surface area contributed by atoms with Gasteiger partial charge in [-0.2, -0.15) is 0 Å². The minimum Gasteiger partial charge on any atom is -0.447 e. The Morgan fingerprint density at radius 3 is 1.31 bits per heavy atom. The number of rotatable bonds is 42. The largest absolute Gasteiger partial charge is 0.447 e. The van der Waals surface area contributed by atoms with Gasteiger partial charge in [0.1, 0.15) is 12.7 Å². The average Bonchev–Trinajstić information content (AvgIpc) is 3.11. The van der Waals surface area contributed by atoms with Gasteiger partial charge in [0.15, 0.2) is 0 Å². The molecule has 1 atom stereocenters. The normalized spacial score (nSPS) is 12.1. The zero-order valence-electron chi connectivity index (χ0n) is 33.2. The van der Waals surface area contributed by atoms with E-state index >= 15 is 0 Å². The van der Waals surface area contributed by atoms with Gasteiger partial charge in [-0.05, 0) is 19.3 Å². The lowest BCUT2D eigenvalue weighted by Gasteiger charge is -2.18. The Kier molecular flexibility index (Phi) is 42.5. The molecule has 1 unspecified atom stereocenters. The van der Waals surface area contributed by atoms with Gasteiger partial charge in [0.05, 0.1) is 19.8 Å². The lowest BCUT2D eigenvalue weighted by atomic mass is 10.0. The van der Waals surface area contributed by atoms with Crippen LogP contribution in [0.3, 0.4) is 0 Å². The van der Waals surface area contributed by atoms with Gasteiger partial charge in [-0.25, -0.2) is 4.79 Å². The molecule has 0 saturated heterocycles. The maximum Gasteiger partial charge on any atom is 0.407 e. The number of unbranched alkanes of at least 4 members (excludes halogenated alkanes) is 26. The van der Waals surface area contributed by atoms with Crippen molar-refractivity contribution in [2.75, 3.05) is 59.9 Å². The molecule has 0 aromatic heterocycles. The summed E-state index contributed by atoms with van der Waals surface area (Å²) in [6, 6.07) is 0. The molecule has 49 heavy (non-hydrogen) atoms. The van der Waals surface area contributed by atoms with Crippen LogP contribution in [0, 0.1) is 0 Å². The fourth-order valence-corrected chi connectivity index (χ4v) is 6.13. The van der Waals surface area contributed by atoms with Gasteiger partial charge in [0, 0.05) is 33.5 Å². The van der Waals surface area contributed by atoms with Crippen molar-refractivity contribution < 1.29 is 28.5 Å². The molecule has 1 N–H and O–H groups in total. The van der Waals surface area contributed by atoms with E-state index in [1.165, 1.54) is 167 Å². The van der Waals surface area contributed by atoms with E-state index in [1.54, 1.807) is 7.11 Å². The molecule has 0 aliphatic rings. The van der Waals surface area contributed by atoms with Crippen LogP contribution in [0.15, 0.2) is 0 Å². The summed E-state index contributed by atoms with van der Waals surface area (Å²) in [5.41, 5.74) is 0. The molecule has 0 aliphatic carbocycles. The summed E-state index contributed by atoms with van der Waals surface area (Å²) >= 11 is 0. The predicted octanol–water partition coefficient (Wildman–Crippen LogP) is 12.1. The van der Waals surface area contributed by atoms with E-state index in [2.05, 4.69) is 19.2 Å². The third-order valence-electron chi connectivity index (χ3n) is 9.36. The zero-order valence-corrected chi connectivity index (χ0v) is 33.2. The standard InChI is InChI=1S/C42H85NO6/c1-4-6-8-10-12-14-16-18-20-22-24-26-28-30-34-47-39-41(40-49-42(44)43-33-32-35-46-38-37-45-3)48-36-31-29-27-25-23-21-19-17-15-13-11-9-7-5-2/h41H,4-40H2,1-3H3,(H,43,44). The summed E-state index contributed by atoms with van der Waals surface area (Å²) < 4.78 is 28.0. The van der Waals surface area contributed by atoms with Gasteiger partial charge in [0.25, 0.3) is 0 Å². The fraction of sp³-hybridized carbons (Fsp3) is 0.976. The maximum atomic E-state index is 12.2. The number of nitrogens with one attached hydrogen (secondary N) is 1. The van der Waals surface area contributed by atoms with Crippen LogP contribution < -0.4 is 5.32 Å². The molecule has 294 valence electrons. The van der Waals surface area contributed by atoms with Crippen LogP contribution >= 0.6 is 0 Å². The second kappa shape index (κ2) is 43.3. The minimum absolute atomic E-state index is 0.216. The summed E-state index contributed by atoms with van der Waals surface area (Å²) in [5.74, 6) is 0. The first-order valence-electron chi connectivity index (χ1n) is 21.4. The quantitative estimate of drug-likeness (QED) is 0.0639. The first-order chi connectivity index (χ1) is 24.2. The molecule has 0 saturated carbocycles. The van der Waals surface area contributed by atoms with Gasteiger partial charge in [-0.3, -0.25) is 0 Å². The van der Waals surface area contributed by atoms with Gasteiger partial charge in [-0.1, -0.05) is 181 Å². The van der Waals surface area contributed by atoms with Crippen molar-refractivity contribution in [1.29, 1.82) is 0 Å². The number of methoxy groups -OCH3 is 1. The van der Waals surface area contributed by atoms with Crippen LogP contribution in [0.1, 0.15) is 200 Å². The van der Waals surface area contributed by atoms with Crippen molar-refractivity contribution in [2.24, 2.45) is 0 Å². The second-order valence-electron chi connectivity index (χ2n) is 14.2. The number of carbonyl (C=O) groups excluding carboxylic acids is 1. The summed E-state index contributed by atoms with van der Waals surface area (Å²) in [6.45, 7) is 8.94. The highest BCUT2D eigenvalue weighted by Crippen LogP contribution is 2.14. The number of ether oxygens (including phenoxy) is 5. The second-order valence-corrected chi connectivity index (χ2v) is 14.2. The molecule has 0 aromatic rings. The topological polar surface area (TPSA) is 75.3 Å². The Morgan fingerprint density at radius 2 is 0.857 bits per heavy atom. The average molecular weight is 700 g/mol. The van der Waals surface area contributed by atoms with Crippen molar-refractivity contribution >= 4 is 6.09 Å². The van der Waals surface area contributed by atoms with Crippen molar-refractivity contribution in [2.45, 2.75) is 206 Å². The van der Waals surface area contributed by atoms with Crippen molar-refractivity contribution in [3.63, 3.8) is 0 Å². The summed E-state index contributed by atoms with van der Waals surface area (Å²) in [5, 5.41) is 2.81. The van der Waals surface area contributed by atoms with Crippen LogP contribution in [0.25, 0.3) is 0 Å². The molecule has 0 fully saturated rings. The third-order valence-corrected chi connectivity index (χ3v) is 9.36. The van der Waals surface area contributed by atoms with E-state index < -0.39 is 6.09 Å². The Balaban J connectivity index is 3.99. The monoisotopic (exact) mass is 700 g/mol. The minimum atomic E-state index is -0.408. The van der Waals surface area contributed by atoms with Crippen LogP contribution in [0.4, 0.5) is 4.79 Å². The molecule has 7 nitrogen and oxygen atoms in total. The summed E-state index contributed by atoms with van der Waals surface area (Å²) in [7, 11) is 1.66. The molecule has 1 amide bonds. The smallest absolute Gasteiger partial charge is 0.407 e. The molecule has 0 radical (unpaired) electrons. The van der Waals surface area contributed by atoms with Crippen molar-refractivity contribution in [1.82, 2.24) is 5.32 Å². The molecule has 0 aliphatic heterocycles. The summed E-state index contributed by atoms with van der Waals surface area (Å²) in [6.07, 6.45) is 37.8. The zero-order chi connectivity index (χ0) is 35.6. The Hall–Kier alpha value is -0.890. The van der Waals surface area contributed by atoms with Crippen LogP contribution in [-0.2, 0) is 23.7 Å². The molecule has 7 heteroatoms. The van der Waals surface area contributed by atoms with Gasteiger partial charge < -0.3 is 29.0 Å². The van der Waals surface area contributed by atoms with Gasteiger partial charge in [0.2, 0.25) is 0 Å². The lowest BCUT2D eigenvalue weighted by Crippen LogP contribution is -2.32. The molecular formula is C42H85NO6. The van der Waals surface area contributed by atoms with Gasteiger partial charge >= 0.3 is 6.09 Å². The number of hydrogen-bond acceptors (Lipinski definition) is 6. The highest BCUT2D eigenvalue weighted by Gasteiger charge is 2.13. The Morgan fingerprint density at radius 1 is 0.449 bits per heavy atom. The molecule has 0 bridgehead atoms. The molecule has 0 heterocycles. The van der Waals surface area contributed by atoms with Gasteiger partial charge in [-0.15, -0.1) is 0 Å². The van der Waals surface area contributed by atoms with E-state index in [-0.39, 0.29) is 12.7 Å².